The predicted molar refractivity (Wildman–Crippen MR) is 250 cm³/mol. The van der Waals surface area contributed by atoms with Gasteiger partial charge in [-0.3, -0.25) is 0 Å². The third-order valence-corrected chi connectivity index (χ3v) is 15.1. The van der Waals surface area contributed by atoms with E-state index in [1.807, 2.05) is 0 Å². The summed E-state index contributed by atoms with van der Waals surface area (Å²) in [7, 11) is 0. The van der Waals surface area contributed by atoms with Gasteiger partial charge in [-0.15, -0.1) is 0 Å². The maximum atomic E-state index is 2.87. The third-order valence-electron chi connectivity index (χ3n) is 15.1. The summed E-state index contributed by atoms with van der Waals surface area (Å²) >= 11 is 0. The largest absolute Gasteiger partial charge is 0.335 e. The molecule has 3 aliphatic heterocycles. The highest BCUT2D eigenvalue weighted by Gasteiger charge is 2.61. The molecule has 0 saturated heterocycles. The SMILES string of the molecule is Cc1ccc2c(c1)c1cc(C)cc3c1n2-c1cc(N(c2ccc(C(C)(C)C)cc2)c2ccc(C(C)(C)C)cc2)cc2c1B3c1cccc3c1N2C1(C)CCCCC31C. The summed E-state index contributed by atoms with van der Waals surface area (Å²) in [6, 6.07) is 43.2. The van der Waals surface area contributed by atoms with Crippen LogP contribution in [0.2, 0.25) is 0 Å². The van der Waals surface area contributed by atoms with E-state index in [0.29, 0.717) is 0 Å². The lowest BCUT2D eigenvalue weighted by molar-refractivity contribution is 0.195. The highest BCUT2D eigenvalue weighted by Crippen LogP contribution is 2.61. The Kier molecular flexibility index (Phi) is 7.25. The van der Waals surface area contributed by atoms with Crippen molar-refractivity contribution in [3.8, 4) is 5.69 Å². The first-order chi connectivity index (χ1) is 27.6. The van der Waals surface area contributed by atoms with Crippen LogP contribution in [0.5, 0.6) is 0 Å². The van der Waals surface area contributed by atoms with Crippen LogP contribution in [-0.4, -0.2) is 16.8 Å². The highest BCUT2D eigenvalue weighted by molar-refractivity contribution is 7.00. The van der Waals surface area contributed by atoms with Crippen LogP contribution in [0.25, 0.3) is 27.5 Å². The summed E-state index contributed by atoms with van der Waals surface area (Å²) in [5.41, 5.74) is 21.7. The number of fused-ring (bicyclic) bond motifs is 10. The molecule has 0 N–H and O–H groups in total. The minimum absolute atomic E-state index is 0.0489. The molecule has 3 nitrogen and oxygen atoms in total. The molecule has 7 aromatic rings. The fourth-order valence-electron chi connectivity index (χ4n) is 11.9. The molecule has 4 heterocycles. The molecule has 2 atom stereocenters. The van der Waals surface area contributed by atoms with E-state index in [1.165, 1.54) is 120 Å². The van der Waals surface area contributed by atoms with Gasteiger partial charge >= 0.3 is 0 Å². The lowest BCUT2D eigenvalue weighted by atomic mass is 9.33. The molecule has 1 saturated carbocycles. The van der Waals surface area contributed by atoms with Gasteiger partial charge in [0.1, 0.15) is 0 Å². The zero-order valence-electron chi connectivity index (χ0n) is 36.1. The van der Waals surface area contributed by atoms with Crippen molar-refractivity contribution >= 4 is 73.3 Å². The average molecular weight is 758 g/mol. The van der Waals surface area contributed by atoms with Crippen LogP contribution in [0.1, 0.15) is 109 Å². The summed E-state index contributed by atoms with van der Waals surface area (Å²) in [6.07, 6.45) is 4.94. The number of aryl methyl sites for hydroxylation is 2. The third kappa shape index (κ3) is 4.69. The predicted octanol–water partition coefficient (Wildman–Crippen LogP) is 12.4. The molecule has 0 radical (unpaired) electrons. The monoisotopic (exact) mass is 757 g/mol. The van der Waals surface area contributed by atoms with Gasteiger partial charge in [-0.2, -0.15) is 0 Å². The molecule has 0 spiro atoms. The Morgan fingerprint density at radius 1 is 0.603 bits per heavy atom. The Morgan fingerprint density at radius 3 is 1.88 bits per heavy atom. The fraction of sp³-hybridized carbons (Fsp3) is 0.333. The molecule has 11 rings (SSSR count). The van der Waals surface area contributed by atoms with Crippen molar-refractivity contribution < 1.29 is 0 Å². The maximum absolute atomic E-state index is 2.87. The van der Waals surface area contributed by atoms with E-state index in [1.54, 1.807) is 5.56 Å². The van der Waals surface area contributed by atoms with Crippen molar-refractivity contribution in [3.05, 3.63) is 137 Å². The van der Waals surface area contributed by atoms with Crippen molar-refractivity contribution in [2.75, 3.05) is 9.80 Å². The summed E-state index contributed by atoms with van der Waals surface area (Å²) in [5, 5.41) is 2.70. The number of aromatic nitrogens is 1. The molecule has 1 aromatic heterocycles. The zero-order valence-corrected chi connectivity index (χ0v) is 36.1. The van der Waals surface area contributed by atoms with Crippen LogP contribution in [0, 0.1) is 13.8 Å². The molecule has 4 aliphatic rings. The number of nitrogens with zero attached hydrogens (tertiary/aromatic N) is 3. The van der Waals surface area contributed by atoms with E-state index >= 15 is 0 Å². The van der Waals surface area contributed by atoms with Gasteiger partial charge in [-0.25, -0.2) is 0 Å². The van der Waals surface area contributed by atoms with Gasteiger partial charge < -0.3 is 14.4 Å². The number of rotatable bonds is 3. The van der Waals surface area contributed by atoms with Crippen molar-refractivity contribution in [1.29, 1.82) is 0 Å². The Balaban J connectivity index is 1.27. The van der Waals surface area contributed by atoms with Gasteiger partial charge in [0.25, 0.3) is 6.71 Å². The van der Waals surface area contributed by atoms with Crippen LogP contribution in [0.3, 0.4) is 0 Å². The number of hydrogen-bond donors (Lipinski definition) is 0. The number of benzene rings is 6. The van der Waals surface area contributed by atoms with Crippen LogP contribution >= 0.6 is 0 Å². The zero-order chi connectivity index (χ0) is 40.3. The highest BCUT2D eigenvalue weighted by atomic mass is 15.3. The van der Waals surface area contributed by atoms with E-state index in [9.17, 15) is 0 Å². The minimum atomic E-state index is -0.0489. The van der Waals surface area contributed by atoms with Gasteiger partial charge in [0.2, 0.25) is 0 Å². The van der Waals surface area contributed by atoms with Gasteiger partial charge in [-0.1, -0.05) is 127 Å². The lowest BCUT2D eigenvalue weighted by Crippen LogP contribution is -2.64. The van der Waals surface area contributed by atoms with Crippen LogP contribution < -0.4 is 26.2 Å². The fourth-order valence-corrected chi connectivity index (χ4v) is 11.9. The molecule has 290 valence electrons. The van der Waals surface area contributed by atoms with Crippen molar-refractivity contribution in [1.82, 2.24) is 4.57 Å². The molecule has 58 heavy (non-hydrogen) atoms. The van der Waals surface area contributed by atoms with E-state index in [2.05, 4.69) is 193 Å². The van der Waals surface area contributed by atoms with Crippen LogP contribution in [-0.2, 0) is 16.2 Å². The Bertz CT molecular complexity index is 2810. The smallest absolute Gasteiger partial charge is 0.252 e. The van der Waals surface area contributed by atoms with Gasteiger partial charge in [0.15, 0.2) is 0 Å². The number of anilines is 5. The van der Waals surface area contributed by atoms with E-state index in [4.69, 9.17) is 0 Å². The topological polar surface area (TPSA) is 11.4 Å². The maximum Gasteiger partial charge on any atom is 0.252 e. The summed E-state index contributed by atoms with van der Waals surface area (Å²) in [5.74, 6) is 0. The quantitative estimate of drug-likeness (QED) is 0.166. The molecular formula is C54H56BN3. The van der Waals surface area contributed by atoms with E-state index < -0.39 is 0 Å². The first-order valence-electron chi connectivity index (χ1n) is 21.8. The Morgan fingerprint density at radius 2 is 1.22 bits per heavy atom. The lowest BCUT2D eigenvalue weighted by Gasteiger charge is -2.52. The van der Waals surface area contributed by atoms with Crippen LogP contribution in [0.15, 0.2) is 109 Å². The normalized spacial score (nSPS) is 20.4. The second-order valence-corrected chi connectivity index (χ2v) is 20.8. The number of hydrogen-bond acceptors (Lipinski definition) is 2. The van der Waals surface area contributed by atoms with Gasteiger partial charge in [0, 0.05) is 50.1 Å². The second kappa shape index (κ2) is 11.7. The molecule has 6 aromatic carbocycles. The number of para-hydroxylation sites is 1. The first kappa shape index (κ1) is 35.9. The summed E-state index contributed by atoms with van der Waals surface area (Å²) in [4.78, 5) is 5.40. The molecule has 4 heteroatoms. The molecule has 0 bridgehead atoms. The molecule has 2 unspecified atom stereocenters. The molecule has 1 aliphatic carbocycles. The Labute approximate surface area is 345 Å². The van der Waals surface area contributed by atoms with Crippen molar-refractivity contribution in [2.24, 2.45) is 0 Å². The molecule has 0 amide bonds. The van der Waals surface area contributed by atoms with Crippen molar-refractivity contribution in [2.45, 2.75) is 117 Å². The van der Waals surface area contributed by atoms with E-state index in [-0.39, 0.29) is 28.5 Å². The summed E-state index contributed by atoms with van der Waals surface area (Å²) in [6.45, 7) is 23.7. The average Bonchev–Trinajstić information content (AvgIpc) is 3.61. The van der Waals surface area contributed by atoms with Crippen molar-refractivity contribution in [3.63, 3.8) is 0 Å². The second-order valence-electron chi connectivity index (χ2n) is 20.8. The van der Waals surface area contributed by atoms with E-state index in [0.717, 1.165) is 0 Å². The minimum Gasteiger partial charge on any atom is -0.335 e. The first-order valence-corrected chi connectivity index (χ1v) is 21.8. The van der Waals surface area contributed by atoms with Gasteiger partial charge in [-0.05, 0) is 132 Å². The summed E-state index contributed by atoms with van der Waals surface area (Å²) < 4.78 is 2.65. The standard InChI is InChI=1S/C54H56BN3/c1-33-16-25-45-40(28-33)41-29-34(2)30-44-49(41)57(45)46-31-39(56(37-21-17-35(18-22-37)51(3,4)5)38-23-19-36(20-24-38)52(6,7)8)32-47-48(46)55(44)43-15-13-14-42-50(43)58(47)54(10)27-12-11-26-53(42,54)9/h13-25,28-32H,11-12,26-27H2,1-10H3. The molecule has 1 fully saturated rings. The van der Waals surface area contributed by atoms with Gasteiger partial charge in [0.05, 0.1) is 16.7 Å². The molecular weight excluding hydrogens is 701 g/mol. The Hall–Kier alpha value is -5.22. The van der Waals surface area contributed by atoms with Crippen LogP contribution in [0.4, 0.5) is 28.4 Å².